The number of nitrogens with two attached hydrogens (primary N) is 1. The lowest BCUT2D eigenvalue weighted by atomic mass is 10.1. The van der Waals surface area contributed by atoms with Gasteiger partial charge in [0.1, 0.15) is 23.5 Å². The number of aryl methyl sites for hydroxylation is 1. The maximum absolute atomic E-state index is 7.45. The van der Waals surface area contributed by atoms with E-state index in [0.29, 0.717) is 18.8 Å². The summed E-state index contributed by atoms with van der Waals surface area (Å²) in [5.41, 5.74) is 15.0. The predicted molar refractivity (Wildman–Crippen MR) is 145 cm³/mol. The van der Waals surface area contributed by atoms with Gasteiger partial charge in [-0.1, -0.05) is 18.2 Å². The second-order valence-corrected chi connectivity index (χ2v) is 9.23. The van der Waals surface area contributed by atoms with Gasteiger partial charge in [0.05, 0.1) is 46.8 Å². The third kappa shape index (κ3) is 3.80. The summed E-state index contributed by atoms with van der Waals surface area (Å²) in [5.74, 6) is 1.08. The number of nitrogens with one attached hydrogen (secondary N) is 1. The molecule has 10 heteroatoms. The summed E-state index contributed by atoms with van der Waals surface area (Å²) in [6, 6.07) is 14.3. The number of nitrogens with zero attached hydrogens (tertiary/aromatic N) is 6. The highest BCUT2D eigenvalue weighted by Crippen LogP contribution is 2.34. The molecule has 1 aliphatic heterocycles. The van der Waals surface area contributed by atoms with E-state index in [1.165, 1.54) is 0 Å². The number of aromatic nitrogens is 4. The molecule has 4 heterocycles. The van der Waals surface area contributed by atoms with Crippen molar-refractivity contribution in [2.75, 3.05) is 31.2 Å². The van der Waals surface area contributed by atoms with Crippen molar-refractivity contribution < 1.29 is 4.74 Å². The first-order valence-corrected chi connectivity index (χ1v) is 12.6. The highest BCUT2D eigenvalue weighted by Gasteiger charge is 2.21. The van der Waals surface area contributed by atoms with E-state index in [1.54, 1.807) is 11.3 Å². The van der Waals surface area contributed by atoms with Crippen LogP contribution in [0.3, 0.4) is 0 Å². The van der Waals surface area contributed by atoms with Gasteiger partial charge in [0.15, 0.2) is 0 Å². The van der Waals surface area contributed by atoms with Crippen LogP contribution in [0.5, 0.6) is 0 Å². The van der Waals surface area contributed by atoms with Gasteiger partial charge < -0.3 is 15.4 Å². The molecule has 0 spiro atoms. The summed E-state index contributed by atoms with van der Waals surface area (Å²) < 4.78 is 7.72. The largest absolute Gasteiger partial charge is 0.383 e. The number of rotatable bonds is 5. The van der Waals surface area contributed by atoms with Crippen molar-refractivity contribution in [2.24, 2.45) is 10.7 Å². The molecule has 0 atom stereocenters. The van der Waals surface area contributed by atoms with E-state index in [0.717, 1.165) is 70.0 Å². The monoisotopic (exact) mass is 496 g/mol. The van der Waals surface area contributed by atoms with Gasteiger partial charge in [-0.3, -0.25) is 9.98 Å². The van der Waals surface area contributed by atoms with Crippen LogP contribution in [0.25, 0.3) is 39.0 Å². The Morgan fingerprint density at radius 1 is 1.14 bits per heavy atom. The summed E-state index contributed by atoms with van der Waals surface area (Å²) in [5, 5.41) is 10.5. The van der Waals surface area contributed by atoms with E-state index in [4.69, 9.17) is 25.8 Å². The Kier molecular flexibility index (Phi) is 5.67. The van der Waals surface area contributed by atoms with Gasteiger partial charge >= 0.3 is 0 Å². The van der Waals surface area contributed by atoms with Crippen LogP contribution in [0.1, 0.15) is 11.4 Å². The van der Waals surface area contributed by atoms with Gasteiger partial charge in [-0.25, -0.2) is 19.9 Å². The number of aliphatic imine (C=N–C) groups is 1. The van der Waals surface area contributed by atoms with Crippen LogP contribution in [0, 0.1) is 12.3 Å². The molecular weight excluding hydrogens is 472 g/mol. The molecule has 9 nitrogen and oxygen atoms in total. The molecule has 0 unspecified atom stereocenters. The molecule has 180 valence electrons. The van der Waals surface area contributed by atoms with Crippen LogP contribution >= 0.6 is 11.3 Å². The highest BCUT2D eigenvalue weighted by atomic mass is 32.1. The smallest absolute Gasteiger partial charge is 0.134 e. The van der Waals surface area contributed by atoms with E-state index in [2.05, 4.69) is 37.6 Å². The summed E-state index contributed by atoms with van der Waals surface area (Å²) in [7, 11) is 0. The molecule has 0 aliphatic carbocycles. The summed E-state index contributed by atoms with van der Waals surface area (Å²) in [6.45, 7) is 4.89. The van der Waals surface area contributed by atoms with Crippen molar-refractivity contribution in [1.82, 2.24) is 19.5 Å². The Balaban J connectivity index is 1.66. The maximum Gasteiger partial charge on any atom is 0.134 e. The summed E-state index contributed by atoms with van der Waals surface area (Å²) in [4.78, 5) is 20.7. The second-order valence-electron chi connectivity index (χ2n) is 8.52. The number of hydrogen-bond acceptors (Lipinski definition) is 7. The van der Waals surface area contributed by atoms with Crippen molar-refractivity contribution in [1.29, 1.82) is 5.41 Å². The van der Waals surface area contributed by atoms with Gasteiger partial charge in [0.25, 0.3) is 0 Å². The van der Waals surface area contributed by atoms with Crippen molar-refractivity contribution in [2.45, 2.75) is 6.92 Å². The molecule has 0 saturated carbocycles. The average Bonchev–Trinajstić information content (AvgIpc) is 3.56. The molecule has 1 saturated heterocycles. The van der Waals surface area contributed by atoms with Gasteiger partial charge in [-0.2, -0.15) is 0 Å². The lowest BCUT2D eigenvalue weighted by molar-refractivity contribution is 0.122. The number of thiazole rings is 1. The van der Waals surface area contributed by atoms with Gasteiger partial charge in [-0.05, 0) is 31.2 Å². The number of anilines is 1. The molecule has 5 aromatic rings. The number of amidine groups is 1. The highest BCUT2D eigenvalue weighted by molar-refractivity contribution is 7.07. The Hall–Kier alpha value is -4.15. The molecule has 3 N–H and O–H groups in total. The van der Waals surface area contributed by atoms with E-state index in [9.17, 15) is 0 Å². The van der Waals surface area contributed by atoms with E-state index in [-0.39, 0.29) is 5.84 Å². The topological polar surface area (TPSA) is 118 Å². The maximum atomic E-state index is 7.45. The van der Waals surface area contributed by atoms with Crippen molar-refractivity contribution >= 4 is 51.1 Å². The minimum Gasteiger partial charge on any atom is -0.383 e. The SMILES string of the molecule is Cc1nc2c(C(N)=NC=N)cc(N3CCOCC3)cc2n1-c1cc(-c2cscn2)nc2ccccc12. The number of pyridine rings is 1. The summed E-state index contributed by atoms with van der Waals surface area (Å²) >= 11 is 1.55. The first kappa shape index (κ1) is 22.3. The second kappa shape index (κ2) is 9.14. The van der Waals surface area contributed by atoms with Crippen molar-refractivity contribution in [3.8, 4) is 17.1 Å². The number of imidazole rings is 1. The predicted octanol–water partition coefficient (Wildman–Crippen LogP) is 4.15. The fourth-order valence-corrected chi connectivity index (χ4v) is 5.28. The van der Waals surface area contributed by atoms with E-state index in [1.807, 2.05) is 42.1 Å². The number of hydrogen-bond donors (Lipinski definition) is 2. The summed E-state index contributed by atoms with van der Waals surface area (Å²) in [6.07, 6.45) is 0.961. The van der Waals surface area contributed by atoms with Crippen LogP contribution in [-0.2, 0) is 4.74 Å². The van der Waals surface area contributed by atoms with Crippen LogP contribution < -0.4 is 10.6 Å². The van der Waals surface area contributed by atoms with Gasteiger partial charge in [0.2, 0.25) is 0 Å². The van der Waals surface area contributed by atoms with Crippen LogP contribution in [0.2, 0.25) is 0 Å². The number of para-hydroxylation sites is 1. The zero-order chi connectivity index (χ0) is 24.6. The Bertz CT molecular complexity index is 1620. The van der Waals surface area contributed by atoms with Crippen molar-refractivity contribution in [3.05, 3.63) is 64.7 Å². The van der Waals surface area contributed by atoms with Crippen LogP contribution in [-0.4, -0.2) is 58.0 Å². The minimum absolute atomic E-state index is 0.262. The molecule has 1 aliphatic rings. The molecule has 1 fully saturated rings. The number of benzene rings is 2. The van der Waals surface area contributed by atoms with E-state index >= 15 is 0 Å². The molecule has 3 aromatic heterocycles. The standard InChI is InChI=1S/C26H24N8OS/c1-16-31-25-19(26(28)29-14-27)10-17(33-6-8-35-9-7-33)11-24(25)34(16)23-12-21(22-13-36-15-30-22)32-20-5-3-2-4-18(20)23/h2-5,10-15H,6-9H2,1H3,(H3,27,28,29). The zero-order valence-corrected chi connectivity index (χ0v) is 20.5. The Morgan fingerprint density at radius 3 is 2.75 bits per heavy atom. The quantitative estimate of drug-likeness (QED) is 0.279. The molecule has 36 heavy (non-hydrogen) atoms. The number of ether oxygens (including phenoxy) is 1. The zero-order valence-electron chi connectivity index (χ0n) is 19.7. The molecule has 0 amide bonds. The third-order valence-corrected chi connectivity index (χ3v) is 6.98. The van der Waals surface area contributed by atoms with Crippen molar-refractivity contribution in [3.63, 3.8) is 0 Å². The van der Waals surface area contributed by atoms with Crippen LogP contribution in [0.4, 0.5) is 5.69 Å². The fraction of sp³-hybridized carbons (Fsp3) is 0.192. The first-order valence-electron chi connectivity index (χ1n) is 11.6. The Morgan fingerprint density at radius 2 is 1.97 bits per heavy atom. The third-order valence-electron chi connectivity index (χ3n) is 6.40. The molecule has 0 radical (unpaired) electrons. The van der Waals surface area contributed by atoms with Crippen LogP contribution in [0.15, 0.2) is 58.3 Å². The lowest BCUT2D eigenvalue weighted by Gasteiger charge is -2.29. The molecule has 2 aromatic carbocycles. The lowest BCUT2D eigenvalue weighted by Crippen LogP contribution is -2.36. The number of morpholine rings is 1. The fourth-order valence-electron chi connectivity index (χ4n) is 4.73. The minimum atomic E-state index is 0.262. The molecule has 0 bridgehead atoms. The first-order chi connectivity index (χ1) is 17.6. The average molecular weight is 497 g/mol. The molecular formula is C26H24N8OS. The number of fused-ring (bicyclic) bond motifs is 2. The Labute approximate surface area is 211 Å². The van der Waals surface area contributed by atoms with E-state index < -0.39 is 0 Å². The molecule has 6 rings (SSSR count). The van der Waals surface area contributed by atoms with Gasteiger partial charge in [0, 0.05) is 35.1 Å². The normalized spacial score (nSPS) is 14.6. The van der Waals surface area contributed by atoms with Gasteiger partial charge in [-0.15, -0.1) is 11.3 Å².